The number of nitrogens with zero attached hydrogens (tertiary/aromatic N) is 2. The zero-order valence-corrected chi connectivity index (χ0v) is 43.9. The Morgan fingerprint density at radius 2 is 0.615 bits per heavy atom. The molecule has 0 saturated carbocycles. The Morgan fingerprint density at radius 3 is 0.872 bits per heavy atom. The minimum Gasteiger partial charge on any atom is -0.382 e. The van der Waals surface area contributed by atoms with Gasteiger partial charge in [-0.15, -0.1) is 0 Å². The molecular weight excluding hydrogens is 1030 g/mol. The van der Waals surface area contributed by atoms with E-state index in [-0.39, 0.29) is 47.9 Å². The van der Waals surface area contributed by atoms with Gasteiger partial charge in [-0.3, -0.25) is 58.8 Å². The van der Waals surface area contributed by atoms with Gasteiger partial charge in [-0.25, -0.2) is 0 Å². The summed E-state index contributed by atoms with van der Waals surface area (Å²) in [6.07, 6.45) is 0.296. The Hall–Kier alpha value is -5.88. The molecule has 26 nitrogen and oxygen atoms in total. The first kappa shape index (κ1) is 61.3. The molecule has 4 aliphatic rings. The number of carbonyl (C=O) groups excluding carboxylic acids is 8. The summed E-state index contributed by atoms with van der Waals surface area (Å²) in [6, 6.07) is 7.74. The third-order valence-electron chi connectivity index (χ3n) is 12.2. The van der Waals surface area contributed by atoms with Gasteiger partial charge in [0.2, 0.25) is 23.6 Å². The number of hydrogen-bond donors (Lipinski definition) is 4. The molecule has 2 atom stereocenters. The molecule has 2 fully saturated rings. The highest BCUT2D eigenvalue weighted by atomic mass is 16.6. The lowest BCUT2D eigenvalue weighted by molar-refractivity contribution is -0.137. The van der Waals surface area contributed by atoms with E-state index >= 15 is 0 Å². The van der Waals surface area contributed by atoms with E-state index in [1.807, 2.05) is 0 Å². The summed E-state index contributed by atoms with van der Waals surface area (Å²) in [5.41, 5.74) is 1.75. The van der Waals surface area contributed by atoms with Gasteiger partial charge in [-0.05, 0) is 37.1 Å². The summed E-state index contributed by atoms with van der Waals surface area (Å²) in [5.74, 6) is -4.41. The van der Waals surface area contributed by atoms with Gasteiger partial charge in [0.15, 0.2) is 0 Å². The standard InChI is InChI=1S/C52H72N6O20/c59-43-9-7-41(47(61)55-43)57-49(63)37-3-1-5-39(45(37)51(57)65)53-11-13-67-15-17-69-19-21-71-23-25-73-27-29-75-31-33-77-35-36-78-34-32-76-30-28-74-26-24-72-22-20-70-18-16-68-14-12-54-40-6-2-4-38-46(40)52(66)58(50(38)64)42-8-10-44(60)56-48(42)62/h1-6,41-42,53-54H,7-36H2,(H,55,59,61)(H,56,60,62). The largest absolute Gasteiger partial charge is 0.382 e. The van der Waals surface area contributed by atoms with Gasteiger partial charge >= 0.3 is 0 Å². The fourth-order valence-corrected chi connectivity index (χ4v) is 8.36. The Kier molecular flexibility index (Phi) is 27.4. The van der Waals surface area contributed by atoms with Crippen LogP contribution in [0, 0.1) is 0 Å². The summed E-state index contributed by atoms with van der Waals surface area (Å²) in [7, 11) is 0. The highest BCUT2D eigenvalue weighted by molar-refractivity contribution is 6.26. The Balaban J connectivity index is 0.603. The topological polar surface area (TPSA) is 302 Å². The molecule has 26 heteroatoms. The normalized spacial score (nSPS) is 17.3. The van der Waals surface area contributed by atoms with Crippen molar-refractivity contribution in [1.29, 1.82) is 0 Å². The molecule has 0 spiro atoms. The number of carbonyl (C=O) groups is 8. The van der Waals surface area contributed by atoms with Gasteiger partial charge in [0.05, 0.1) is 181 Å². The van der Waals surface area contributed by atoms with Crippen molar-refractivity contribution in [2.24, 2.45) is 0 Å². The van der Waals surface area contributed by atoms with Crippen LogP contribution in [0.4, 0.5) is 11.4 Å². The van der Waals surface area contributed by atoms with Crippen LogP contribution in [0.5, 0.6) is 0 Å². The van der Waals surface area contributed by atoms with Crippen LogP contribution in [-0.4, -0.2) is 241 Å². The quantitative estimate of drug-likeness (QED) is 0.0510. The molecule has 2 aromatic carbocycles. The van der Waals surface area contributed by atoms with Crippen molar-refractivity contribution in [3.8, 4) is 0 Å². The molecule has 0 bridgehead atoms. The van der Waals surface area contributed by atoms with E-state index in [4.69, 9.17) is 56.8 Å². The van der Waals surface area contributed by atoms with Crippen molar-refractivity contribution in [2.75, 3.05) is 182 Å². The second-order valence-corrected chi connectivity index (χ2v) is 17.6. The van der Waals surface area contributed by atoms with Crippen LogP contribution in [0.15, 0.2) is 36.4 Å². The zero-order chi connectivity index (χ0) is 55.2. The zero-order valence-electron chi connectivity index (χ0n) is 43.9. The van der Waals surface area contributed by atoms with E-state index in [1.165, 1.54) is 0 Å². The molecule has 78 heavy (non-hydrogen) atoms. The van der Waals surface area contributed by atoms with E-state index in [9.17, 15) is 38.4 Å². The first-order valence-corrected chi connectivity index (χ1v) is 26.3. The van der Waals surface area contributed by atoms with Crippen molar-refractivity contribution < 1.29 is 95.2 Å². The maximum absolute atomic E-state index is 13.2. The second-order valence-electron chi connectivity index (χ2n) is 17.6. The molecule has 6 rings (SSSR count). The van der Waals surface area contributed by atoms with Crippen LogP contribution in [0.3, 0.4) is 0 Å². The van der Waals surface area contributed by atoms with Crippen LogP contribution < -0.4 is 21.3 Å². The number of nitrogens with one attached hydrogen (secondary N) is 4. The minimum atomic E-state index is -1.02. The lowest BCUT2D eigenvalue weighted by atomic mass is 10.0. The highest BCUT2D eigenvalue weighted by Crippen LogP contribution is 2.34. The van der Waals surface area contributed by atoms with E-state index in [0.717, 1.165) is 9.80 Å². The van der Waals surface area contributed by atoms with Crippen molar-refractivity contribution in [3.05, 3.63) is 58.7 Å². The molecule has 2 unspecified atom stereocenters. The van der Waals surface area contributed by atoms with Crippen LogP contribution in [0.1, 0.15) is 67.1 Å². The van der Waals surface area contributed by atoms with Crippen molar-refractivity contribution in [3.63, 3.8) is 0 Å². The minimum absolute atomic E-state index is 0.0552. The molecule has 4 heterocycles. The van der Waals surface area contributed by atoms with Crippen LogP contribution in [0.25, 0.3) is 0 Å². The van der Waals surface area contributed by atoms with Gasteiger partial charge < -0.3 is 67.5 Å². The fraction of sp³-hybridized carbons (Fsp3) is 0.615. The average molecular weight is 1100 g/mol. The molecular formula is C52H72N6O20. The lowest BCUT2D eigenvalue weighted by Gasteiger charge is -2.27. The number of amides is 8. The van der Waals surface area contributed by atoms with Crippen LogP contribution in [-0.2, 0) is 76.0 Å². The summed E-state index contributed by atoms with van der Waals surface area (Å²) in [5, 5.41) is 10.7. The average Bonchev–Trinajstić information content (AvgIpc) is 3.89. The number of rotatable bonds is 43. The summed E-state index contributed by atoms with van der Waals surface area (Å²) >= 11 is 0. The molecule has 430 valence electrons. The van der Waals surface area contributed by atoms with Crippen LogP contribution >= 0.6 is 0 Å². The highest BCUT2D eigenvalue weighted by Gasteiger charge is 2.47. The van der Waals surface area contributed by atoms with E-state index in [0.29, 0.717) is 183 Å². The third-order valence-corrected chi connectivity index (χ3v) is 12.2. The molecule has 0 aliphatic carbocycles. The third kappa shape index (κ3) is 19.5. The van der Waals surface area contributed by atoms with Gasteiger partial charge in [-0.1, -0.05) is 12.1 Å². The summed E-state index contributed by atoms with van der Waals surface area (Å²) < 4.78 is 66.4. The number of anilines is 2. The van der Waals surface area contributed by atoms with Crippen molar-refractivity contribution >= 4 is 58.6 Å². The lowest BCUT2D eigenvalue weighted by Crippen LogP contribution is -2.54. The molecule has 2 aromatic rings. The van der Waals surface area contributed by atoms with Gasteiger partial charge in [0.1, 0.15) is 12.1 Å². The maximum atomic E-state index is 13.2. The van der Waals surface area contributed by atoms with Gasteiger partial charge in [0, 0.05) is 37.3 Å². The summed E-state index contributed by atoms with van der Waals surface area (Å²) in [6.45, 7) is 10.6. The van der Waals surface area contributed by atoms with E-state index in [2.05, 4.69) is 21.3 Å². The SMILES string of the molecule is O=C1CCC(N2C(=O)c3cccc(NCCOCCOCCOCCOCCOCCOCCOCCOCCOCCOCCOCCOCCNc4cccc5c4C(=O)N(C4CCC(=O)NC4=O)C5=O)c3C2=O)C(=O)N1. The fourth-order valence-electron chi connectivity index (χ4n) is 8.36. The first-order chi connectivity index (χ1) is 38.2. The molecule has 4 aliphatic heterocycles. The Morgan fingerprint density at radius 1 is 0.359 bits per heavy atom. The molecule has 0 radical (unpaired) electrons. The number of piperidine rings is 2. The molecule has 2 saturated heterocycles. The number of fused-ring (bicyclic) bond motifs is 2. The van der Waals surface area contributed by atoms with Crippen molar-refractivity contribution in [1.82, 2.24) is 20.4 Å². The number of hydrogen-bond acceptors (Lipinski definition) is 22. The Labute approximate surface area is 451 Å². The summed E-state index contributed by atoms with van der Waals surface area (Å²) in [4.78, 5) is 102. The smallest absolute Gasteiger partial charge is 0.264 e. The first-order valence-electron chi connectivity index (χ1n) is 26.3. The van der Waals surface area contributed by atoms with Crippen LogP contribution in [0.2, 0.25) is 0 Å². The van der Waals surface area contributed by atoms with Gasteiger partial charge in [-0.2, -0.15) is 0 Å². The maximum Gasteiger partial charge on any atom is 0.264 e. The predicted molar refractivity (Wildman–Crippen MR) is 273 cm³/mol. The second kappa shape index (κ2) is 34.9. The Bertz CT molecular complexity index is 2130. The molecule has 4 N–H and O–H groups in total. The van der Waals surface area contributed by atoms with E-state index < -0.39 is 59.3 Å². The molecule has 0 aromatic heterocycles. The number of benzene rings is 2. The van der Waals surface area contributed by atoms with Gasteiger partial charge in [0.25, 0.3) is 23.6 Å². The predicted octanol–water partition coefficient (Wildman–Crippen LogP) is 0.212. The monoisotopic (exact) mass is 1100 g/mol. The number of imide groups is 4. The van der Waals surface area contributed by atoms with E-state index in [1.54, 1.807) is 36.4 Å². The molecule has 8 amide bonds. The van der Waals surface area contributed by atoms with Crippen molar-refractivity contribution in [2.45, 2.75) is 37.8 Å². The number of ether oxygens (including phenoxy) is 12.